The summed E-state index contributed by atoms with van der Waals surface area (Å²) in [6, 6.07) is 6.20. The molecule has 1 saturated heterocycles. The van der Waals surface area contributed by atoms with Gasteiger partial charge in [0.05, 0.1) is 0 Å². The first-order valence-corrected chi connectivity index (χ1v) is 7.73. The molecular weight excluding hydrogens is 300 g/mol. The van der Waals surface area contributed by atoms with E-state index >= 15 is 0 Å². The number of benzene rings is 1. The number of aryl methyl sites for hydroxylation is 1. The SMILES string of the molecule is Cc1ccc(C(C)C)cc1OC(C)C(=O)NCC1CNC1.Cl. The molecule has 2 rings (SSSR count). The lowest BCUT2D eigenvalue weighted by atomic mass is 10.0. The molecule has 1 unspecified atom stereocenters. The molecule has 5 heteroatoms. The highest BCUT2D eigenvalue weighted by molar-refractivity contribution is 5.85. The standard InChI is InChI=1S/C17H26N2O2.ClH/c1-11(2)15-6-5-12(3)16(7-15)21-13(4)17(20)19-10-14-8-18-9-14;/h5-7,11,13-14,18H,8-10H2,1-4H3,(H,19,20);1H. The van der Waals surface area contributed by atoms with Gasteiger partial charge in [0, 0.05) is 25.6 Å². The summed E-state index contributed by atoms with van der Waals surface area (Å²) in [6.45, 7) is 10.8. The van der Waals surface area contributed by atoms with Crippen molar-refractivity contribution in [3.05, 3.63) is 29.3 Å². The summed E-state index contributed by atoms with van der Waals surface area (Å²) in [5.41, 5.74) is 2.28. The highest BCUT2D eigenvalue weighted by atomic mass is 35.5. The van der Waals surface area contributed by atoms with Gasteiger partial charge in [-0.25, -0.2) is 0 Å². The number of carbonyl (C=O) groups is 1. The Bertz CT molecular complexity index is 501. The Morgan fingerprint density at radius 2 is 2.05 bits per heavy atom. The Balaban J connectivity index is 0.00000242. The Morgan fingerprint density at radius 1 is 1.36 bits per heavy atom. The quantitative estimate of drug-likeness (QED) is 0.845. The first-order valence-electron chi connectivity index (χ1n) is 7.73. The van der Waals surface area contributed by atoms with Gasteiger partial charge in [-0.2, -0.15) is 0 Å². The normalized spacial score (nSPS) is 15.7. The van der Waals surface area contributed by atoms with Crippen LogP contribution in [0.1, 0.15) is 37.8 Å². The van der Waals surface area contributed by atoms with Gasteiger partial charge >= 0.3 is 0 Å². The van der Waals surface area contributed by atoms with E-state index in [4.69, 9.17) is 4.74 Å². The molecule has 1 amide bonds. The average Bonchev–Trinajstić information content (AvgIpc) is 2.38. The lowest BCUT2D eigenvalue weighted by Gasteiger charge is -2.27. The van der Waals surface area contributed by atoms with Gasteiger partial charge in [-0.05, 0) is 37.0 Å². The lowest BCUT2D eigenvalue weighted by Crippen LogP contribution is -2.49. The van der Waals surface area contributed by atoms with Gasteiger partial charge in [-0.1, -0.05) is 26.0 Å². The fourth-order valence-electron chi connectivity index (χ4n) is 2.23. The van der Waals surface area contributed by atoms with Crippen molar-refractivity contribution in [1.82, 2.24) is 10.6 Å². The zero-order valence-corrected chi connectivity index (χ0v) is 14.6. The zero-order chi connectivity index (χ0) is 15.4. The molecule has 0 aliphatic carbocycles. The average molecular weight is 327 g/mol. The molecule has 0 saturated carbocycles. The van der Waals surface area contributed by atoms with Crippen LogP contribution in [0.15, 0.2) is 18.2 Å². The monoisotopic (exact) mass is 326 g/mol. The molecule has 1 aromatic carbocycles. The van der Waals surface area contributed by atoms with Crippen LogP contribution in [0.4, 0.5) is 0 Å². The number of amides is 1. The highest BCUT2D eigenvalue weighted by Crippen LogP contribution is 2.25. The maximum atomic E-state index is 12.1. The smallest absolute Gasteiger partial charge is 0.260 e. The molecule has 2 N–H and O–H groups in total. The molecule has 0 bridgehead atoms. The predicted octanol–water partition coefficient (Wildman–Crippen LogP) is 2.64. The van der Waals surface area contributed by atoms with Gasteiger partial charge in [0.1, 0.15) is 5.75 Å². The number of hydrogen-bond donors (Lipinski definition) is 2. The molecule has 1 aromatic rings. The van der Waals surface area contributed by atoms with Crippen LogP contribution in [-0.2, 0) is 4.79 Å². The van der Waals surface area contributed by atoms with Gasteiger partial charge in [0.2, 0.25) is 0 Å². The zero-order valence-electron chi connectivity index (χ0n) is 13.8. The van der Waals surface area contributed by atoms with Crippen molar-refractivity contribution in [3.63, 3.8) is 0 Å². The van der Waals surface area contributed by atoms with E-state index in [-0.39, 0.29) is 18.3 Å². The summed E-state index contributed by atoms with van der Waals surface area (Å²) < 4.78 is 5.85. The molecule has 1 fully saturated rings. The van der Waals surface area contributed by atoms with Crippen molar-refractivity contribution in [2.24, 2.45) is 5.92 Å². The first-order chi connectivity index (χ1) is 9.97. The van der Waals surface area contributed by atoms with Gasteiger partial charge in [-0.15, -0.1) is 12.4 Å². The second kappa shape index (κ2) is 8.39. The van der Waals surface area contributed by atoms with Crippen molar-refractivity contribution in [2.45, 2.75) is 39.7 Å². The largest absolute Gasteiger partial charge is 0.481 e. The van der Waals surface area contributed by atoms with E-state index in [0.717, 1.165) is 30.9 Å². The van der Waals surface area contributed by atoms with E-state index < -0.39 is 6.10 Å². The summed E-state index contributed by atoms with van der Waals surface area (Å²) >= 11 is 0. The van der Waals surface area contributed by atoms with Gasteiger partial charge < -0.3 is 15.4 Å². The molecule has 0 spiro atoms. The number of rotatable bonds is 6. The number of carbonyl (C=O) groups excluding carboxylic acids is 1. The second-order valence-electron chi connectivity index (χ2n) is 6.21. The molecule has 4 nitrogen and oxygen atoms in total. The molecule has 22 heavy (non-hydrogen) atoms. The molecule has 1 aliphatic heterocycles. The lowest BCUT2D eigenvalue weighted by molar-refractivity contribution is -0.127. The highest BCUT2D eigenvalue weighted by Gasteiger charge is 2.20. The number of nitrogens with one attached hydrogen (secondary N) is 2. The fraction of sp³-hybridized carbons (Fsp3) is 0.588. The van der Waals surface area contributed by atoms with Crippen LogP contribution in [0.3, 0.4) is 0 Å². The van der Waals surface area contributed by atoms with E-state index in [9.17, 15) is 4.79 Å². The van der Waals surface area contributed by atoms with Crippen molar-refractivity contribution in [3.8, 4) is 5.75 Å². The minimum Gasteiger partial charge on any atom is -0.481 e. The third kappa shape index (κ3) is 4.89. The number of halogens is 1. The van der Waals surface area contributed by atoms with Crippen molar-refractivity contribution in [2.75, 3.05) is 19.6 Å². The fourth-order valence-corrected chi connectivity index (χ4v) is 2.23. The number of ether oxygens (including phenoxy) is 1. The molecule has 1 aliphatic rings. The van der Waals surface area contributed by atoms with E-state index in [1.54, 1.807) is 6.92 Å². The number of hydrogen-bond acceptors (Lipinski definition) is 3. The maximum Gasteiger partial charge on any atom is 0.260 e. The van der Waals surface area contributed by atoms with Crippen molar-refractivity contribution in [1.29, 1.82) is 0 Å². The molecule has 124 valence electrons. The van der Waals surface area contributed by atoms with E-state index in [2.05, 4.69) is 36.6 Å². The predicted molar refractivity (Wildman–Crippen MR) is 92.0 cm³/mol. The summed E-state index contributed by atoms with van der Waals surface area (Å²) in [4.78, 5) is 12.1. The van der Waals surface area contributed by atoms with Crippen molar-refractivity contribution >= 4 is 18.3 Å². The summed E-state index contributed by atoms with van der Waals surface area (Å²) in [5, 5.41) is 6.15. The van der Waals surface area contributed by atoms with Crippen LogP contribution in [0.2, 0.25) is 0 Å². The van der Waals surface area contributed by atoms with Crippen LogP contribution in [0.25, 0.3) is 0 Å². The van der Waals surface area contributed by atoms with Crippen LogP contribution in [0.5, 0.6) is 5.75 Å². The second-order valence-corrected chi connectivity index (χ2v) is 6.21. The third-order valence-electron chi connectivity index (χ3n) is 3.98. The molecule has 1 heterocycles. The van der Waals surface area contributed by atoms with Gasteiger partial charge in [0.15, 0.2) is 6.10 Å². The summed E-state index contributed by atoms with van der Waals surface area (Å²) in [7, 11) is 0. The van der Waals surface area contributed by atoms with Gasteiger partial charge in [0.25, 0.3) is 5.91 Å². The van der Waals surface area contributed by atoms with Gasteiger partial charge in [-0.3, -0.25) is 4.79 Å². The molecule has 1 atom stereocenters. The Hall–Kier alpha value is -1.26. The van der Waals surface area contributed by atoms with E-state index in [1.165, 1.54) is 5.56 Å². The Kier molecular flexibility index (Phi) is 7.17. The Labute approximate surface area is 139 Å². The molecule has 0 radical (unpaired) electrons. The topological polar surface area (TPSA) is 50.4 Å². The maximum absolute atomic E-state index is 12.1. The van der Waals surface area contributed by atoms with E-state index in [0.29, 0.717) is 11.8 Å². The van der Waals surface area contributed by atoms with Crippen LogP contribution >= 0.6 is 12.4 Å². The minimum absolute atomic E-state index is 0. The third-order valence-corrected chi connectivity index (χ3v) is 3.98. The van der Waals surface area contributed by atoms with Crippen LogP contribution in [0, 0.1) is 12.8 Å². The van der Waals surface area contributed by atoms with Crippen LogP contribution < -0.4 is 15.4 Å². The minimum atomic E-state index is -0.473. The van der Waals surface area contributed by atoms with Crippen LogP contribution in [-0.4, -0.2) is 31.6 Å². The van der Waals surface area contributed by atoms with Crippen molar-refractivity contribution < 1.29 is 9.53 Å². The molecule has 0 aromatic heterocycles. The molecular formula is C17H27ClN2O2. The first kappa shape index (κ1) is 18.8. The Morgan fingerprint density at radius 3 is 2.59 bits per heavy atom. The van der Waals surface area contributed by atoms with E-state index in [1.807, 2.05) is 13.0 Å². The summed E-state index contributed by atoms with van der Waals surface area (Å²) in [5.74, 6) is 1.76. The summed E-state index contributed by atoms with van der Waals surface area (Å²) in [6.07, 6.45) is -0.473.